The zero-order valence-electron chi connectivity index (χ0n) is 14.2. The third-order valence-corrected chi connectivity index (χ3v) is 6.23. The summed E-state index contributed by atoms with van der Waals surface area (Å²) in [6.45, 7) is 2.04. The Labute approximate surface area is 147 Å². The molecule has 138 valence electrons. The van der Waals surface area contributed by atoms with Crippen molar-refractivity contribution in [1.82, 2.24) is 4.31 Å². The third-order valence-electron chi connectivity index (χ3n) is 4.31. The van der Waals surface area contributed by atoms with E-state index in [-0.39, 0.29) is 11.4 Å². The molecule has 0 aromatic heterocycles. The number of rotatable bonds is 6. The number of methoxy groups -OCH3 is 1. The monoisotopic (exact) mass is 369 g/mol. The van der Waals surface area contributed by atoms with Crippen molar-refractivity contribution < 1.29 is 22.7 Å². The van der Waals surface area contributed by atoms with Gasteiger partial charge in [0.05, 0.1) is 24.2 Å². The number of ether oxygens (including phenoxy) is 1. The number of nitrogens with zero attached hydrogens (tertiary/aromatic N) is 1. The summed E-state index contributed by atoms with van der Waals surface area (Å²) in [4.78, 5) is 24.7. The second-order valence-corrected chi connectivity index (χ2v) is 7.96. The third kappa shape index (κ3) is 3.90. The Morgan fingerprint density at radius 3 is 2.36 bits per heavy atom. The Hall–Kier alpha value is -1.81. The van der Waals surface area contributed by atoms with Gasteiger partial charge < -0.3 is 16.2 Å². The number of hydrogen-bond donors (Lipinski definition) is 2. The van der Waals surface area contributed by atoms with Crippen LogP contribution in [0.2, 0.25) is 0 Å². The van der Waals surface area contributed by atoms with Gasteiger partial charge >= 0.3 is 5.97 Å². The Balaban J connectivity index is 2.34. The molecule has 1 aromatic carbocycles. The van der Waals surface area contributed by atoms with Gasteiger partial charge in [-0.3, -0.25) is 9.59 Å². The van der Waals surface area contributed by atoms with Gasteiger partial charge in [0, 0.05) is 6.54 Å². The molecular formula is C16H23N3O5S. The lowest BCUT2D eigenvalue weighted by Gasteiger charge is -2.27. The molecule has 0 unspecified atom stereocenters. The van der Waals surface area contributed by atoms with Crippen molar-refractivity contribution in [3.8, 4) is 0 Å². The lowest BCUT2D eigenvalue weighted by atomic mass is 9.95. The van der Waals surface area contributed by atoms with Crippen LogP contribution in [0.1, 0.15) is 18.4 Å². The van der Waals surface area contributed by atoms with Crippen LogP contribution in [0.25, 0.3) is 0 Å². The molecule has 25 heavy (non-hydrogen) atoms. The number of aryl methyl sites for hydroxylation is 1. The van der Waals surface area contributed by atoms with E-state index in [9.17, 15) is 18.0 Å². The lowest BCUT2D eigenvalue weighted by molar-refractivity contribution is -0.151. The fourth-order valence-electron chi connectivity index (χ4n) is 2.96. The minimum atomic E-state index is -3.86. The number of ketones is 1. The molecule has 1 fully saturated rings. The Morgan fingerprint density at radius 1 is 1.24 bits per heavy atom. The molecule has 0 radical (unpaired) electrons. The van der Waals surface area contributed by atoms with Gasteiger partial charge in [-0.25, -0.2) is 8.42 Å². The van der Waals surface area contributed by atoms with E-state index in [1.165, 1.54) is 12.1 Å². The first kappa shape index (κ1) is 19.5. The van der Waals surface area contributed by atoms with Gasteiger partial charge in [0.2, 0.25) is 10.0 Å². The van der Waals surface area contributed by atoms with E-state index in [0.29, 0.717) is 12.8 Å². The summed E-state index contributed by atoms with van der Waals surface area (Å²) in [7, 11) is -2.74. The minimum Gasteiger partial charge on any atom is -0.468 e. The van der Waals surface area contributed by atoms with Gasteiger partial charge in [0.1, 0.15) is 5.92 Å². The average molecular weight is 369 g/mol. The van der Waals surface area contributed by atoms with E-state index in [4.69, 9.17) is 11.5 Å². The highest BCUT2D eigenvalue weighted by atomic mass is 32.2. The maximum atomic E-state index is 12.9. The molecule has 0 spiro atoms. The number of sulfonamides is 1. The van der Waals surface area contributed by atoms with Gasteiger partial charge in [-0.15, -0.1) is 0 Å². The van der Waals surface area contributed by atoms with Gasteiger partial charge in [0.25, 0.3) is 0 Å². The maximum Gasteiger partial charge on any atom is 0.319 e. The molecule has 8 nitrogen and oxygen atoms in total. The topological polar surface area (TPSA) is 133 Å². The van der Waals surface area contributed by atoms with Crippen molar-refractivity contribution in [2.75, 3.05) is 13.7 Å². The van der Waals surface area contributed by atoms with E-state index in [2.05, 4.69) is 4.74 Å². The average Bonchev–Trinajstić information content (AvgIpc) is 3.05. The van der Waals surface area contributed by atoms with E-state index in [0.717, 1.165) is 17.0 Å². The van der Waals surface area contributed by atoms with E-state index >= 15 is 0 Å². The number of nitrogens with two attached hydrogens (primary N) is 2. The number of benzene rings is 1. The van der Waals surface area contributed by atoms with Crippen LogP contribution in [-0.4, -0.2) is 50.3 Å². The number of Topliss-reactive ketones (excluding diaryl/α,β-unsaturated/α-hetero) is 1. The molecular weight excluding hydrogens is 346 g/mol. The summed E-state index contributed by atoms with van der Waals surface area (Å²) in [5.74, 6) is -2.89. The zero-order valence-corrected chi connectivity index (χ0v) is 15.0. The number of carbonyl (C=O) groups excluding carboxylic acids is 2. The maximum absolute atomic E-state index is 12.9. The fraction of sp³-hybridized carbons (Fsp3) is 0.500. The summed E-state index contributed by atoms with van der Waals surface area (Å²) in [6.07, 6.45) is -0.441. The molecule has 1 heterocycles. The van der Waals surface area contributed by atoms with Crippen molar-refractivity contribution in [3.05, 3.63) is 29.8 Å². The van der Waals surface area contributed by atoms with E-state index < -0.39 is 39.9 Å². The quantitative estimate of drug-likeness (QED) is 0.401. The first-order valence-electron chi connectivity index (χ1n) is 7.91. The molecule has 4 N–H and O–H groups in total. The molecule has 0 saturated carbocycles. The van der Waals surface area contributed by atoms with Crippen LogP contribution in [0.4, 0.5) is 0 Å². The standard InChI is InChI=1S/C16H23N3O5S/c1-10-5-7-11(8-6-10)25(22,23)19-9-3-4-12(19)14(20)13(15(17)18)16(21)24-2/h5-8,12-13,15H,3-4,9,17-18H2,1-2H3/t12-,13+/m0/s1. The molecule has 1 aromatic rings. The lowest BCUT2D eigenvalue weighted by Crippen LogP contribution is -2.53. The second kappa shape index (κ2) is 7.61. The fourth-order valence-corrected chi connectivity index (χ4v) is 4.62. The summed E-state index contributed by atoms with van der Waals surface area (Å²) >= 11 is 0. The molecule has 0 bridgehead atoms. The highest BCUT2D eigenvalue weighted by Crippen LogP contribution is 2.28. The molecule has 1 aliphatic heterocycles. The van der Waals surface area contributed by atoms with Gasteiger partial charge in [-0.1, -0.05) is 17.7 Å². The normalized spacial score (nSPS) is 19.8. The first-order valence-corrected chi connectivity index (χ1v) is 9.35. The number of hydrogen-bond acceptors (Lipinski definition) is 7. The van der Waals surface area contributed by atoms with Crippen molar-refractivity contribution >= 4 is 21.8 Å². The van der Waals surface area contributed by atoms with Crippen molar-refractivity contribution in [3.63, 3.8) is 0 Å². The largest absolute Gasteiger partial charge is 0.468 e. The summed E-state index contributed by atoms with van der Waals surface area (Å²) in [5.41, 5.74) is 12.0. The highest BCUT2D eigenvalue weighted by Gasteiger charge is 2.45. The zero-order chi connectivity index (χ0) is 18.8. The van der Waals surface area contributed by atoms with Crippen LogP contribution in [-0.2, 0) is 24.3 Å². The predicted molar refractivity (Wildman–Crippen MR) is 90.8 cm³/mol. The Morgan fingerprint density at radius 2 is 1.84 bits per heavy atom. The highest BCUT2D eigenvalue weighted by molar-refractivity contribution is 7.89. The van der Waals surface area contributed by atoms with Crippen LogP contribution < -0.4 is 11.5 Å². The first-order chi connectivity index (χ1) is 11.7. The molecule has 0 amide bonds. The van der Waals surface area contributed by atoms with E-state index in [1.54, 1.807) is 12.1 Å². The summed E-state index contributed by atoms with van der Waals surface area (Å²) in [5, 5.41) is 0. The SMILES string of the molecule is COC(=O)[C@H](C(=O)[C@@H]1CCCN1S(=O)(=O)c1ccc(C)cc1)C(N)N. The van der Waals surface area contributed by atoms with Crippen LogP contribution in [0, 0.1) is 12.8 Å². The van der Waals surface area contributed by atoms with Gasteiger partial charge in [-0.05, 0) is 31.9 Å². The van der Waals surface area contributed by atoms with Crippen molar-refractivity contribution in [2.45, 2.75) is 36.9 Å². The Bertz CT molecular complexity index is 746. The van der Waals surface area contributed by atoms with Crippen molar-refractivity contribution in [2.24, 2.45) is 17.4 Å². The van der Waals surface area contributed by atoms with Gasteiger partial charge in [0.15, 0.2) is 5.78 Å². The van der Waals surface area contributed by atoms with E-state index in [1.807, 2.05) is 6.92 Å². The predicted octanol–water partition coefficient (Wildman–Crippen LogP) is -0.250. The number of carbonyl (C=O) groups is 2. The van der Waals surface area contributed by atoms with Crippen LogP contribution in [0.5, 0.6) is 0 Å². The van der Waals surface area contributed by atoms with Crippen LogP contribution >= 0.6 is 0 Å². The smallest absolute Gasteiger partial charge is 0.319 e. The molecule has 2 atom stereocenters. The summed E-state index contributed by atoms with van der Waals surface area (Å²) < 4.78 is 31.5. The Kier molecular flexibility index (Phi) is 5.94. The second-order valence-electron chi connectivity index (χ2n) is 6.07. The molecule has 9 heteroatoms. The van der Waals surface area contributed by atoms with Crippen LogP contribution in [0.3, 0.4) is 0 Å². The van der Waals surface area contributed by atoms with Crippen LogP contribution in [0.15, 0.2) is 29.2 Å². The van der Waals surface area contributed by atoms with Gasteiger partial charge in [-0.2, -0.15) is 4.31 Å². The summed E-state index contributed by atoms with van der Waals surface area (Å²) in [6, 6.07) is 5.39. The molecule has 0 aliphatic carbocycles. The molecule has 1 aliphatic rings. The van der Waals surface area contributed by atoms with Crippen molar-refractivity contribution in [1.29, 1.82) is 0 Å². The number of esters is 1. The molecule has 1 saturated heterocycles. The molecule has 2 rings (SSSR count). The minimum absolute atomic E-state index is 0.101.